The molecule has 0 spiro atoms. The molecule has 1 fully saturated rings. The summed E-state index contributed by atoms with van der Waals surface area (Å²) in [5, 5.41) is 6.08. The van der Waals surface area contributed by atoms with Gasteiger partial charge in [-0.25, -0.2) is 0 Å². The average Bonchev–Trinajstić information content (AvgIpc) is 3.02. The minimum atomic E-state index is 0.281. The zero-order valence-corrected chi connectivity index (χ0v) is 12.5. The predicted octanol–water partition coefficient (Wildman–Crippen LogP) is 2.23. The molecule has 0 amide bonds. The molecule has 1 aliphatic heterocycles. The maximum Gasteiger partial charge on any atom is 0.0843 e. The van der Waals surface area contributed by atoms with Gasteiger partial charge < -0.3 is 5.73 Å². The third-order valence-corrected chi connectivity index (χ3v) is 4.54. The number of nitrogens with two attached hydrogens (primary N) is 1. The molecule has 0 aliphatic carbocycles. The van der Waals surface area contributed by atoms with Crippen LogP contribution in [0.2, 0.25) is 0 Å². The van der Waals surface area contributed by atoms with Gasteiger partial charge in [-0.05, 0) is 37.9 Å². The fourth-order valence-electron chi connectivity index (χ4n) is 3.19. The van der Waals surface area contributed by atoms with Crippen molar-refractivity contribution in [2.24, 2.45) is 11.1 Å². The first-order valence-corrected chi connectivity index (χ1v) is 7.52. The first-order chi connectivity index (χ1) is 9.65. The minimum absolute atomic E-state index is 0.281. The second-order valence-electron chi connectivity index (χ2n) is 6.26. The maximum absolute atomic E-state index is 5.89. The number of nitrogens with zero attached hydrogens (tertiary/aromatic N) is 3. The molecule has 1 saturated heterocycles. The van der Waals surface area contributed by atoms with Crippen LogP contribution >= 0.6 is 0 Å². The fraction of sp³-hybridized carbons (Fsp3) is 0.562. The van der Waals surface area contributed by atoms with E-state index >= 15 is 0 Å². The molecule has 4 heteroatoms. The van der Waals surface area contributed by atoms with Crippen molar-refractivity contribution in [3.8, 4) is 0 Å². The van der Waals surface area contributed by atoms with Crippen molar-refractivity contribution in [3.05, 3.63) is 30.0 Å². The molecular formula is C16H24N4. The lowest BCUT2D eigenvalue weighted by Crippen LogP contribution is -2.31. The van der Waals surface area contributed by atoms with Crippen LogP contribution in [0.15, 0.2) is 24.3 Å². The maximum atomic E-state index is 5.89. The lowest BCUT2D eigenvalue weighted by Gasteiger charge is -2.22. The standard InChI is InChI=1S/C16H24N4/c1-3-20-15-7-5-4-6-13(15)14(18-20)10-19-9-8-16(2,11-17)12-19/h4-7H,3,8-12,17H2,1-2H3. The molecule has 1 aliphatic rings. The second kappa shape index (κ2) is 5.19. The highest BCUT2D eigenvalue weighted by atomic mass is 15.3. The van der Waals surface area contributed by atoms with E-state index in [0.29, 0.717) is 0 Å². The van der Waals surface area contributed by atoms with E-state index in [9.17, 15) is 0 Å². The van der Waals surface area contributed by atoms with Gasteiger partial charge in [-0.15, -0.1) is 0 Å². The highest BCUT2D eigenvalue weighted by Gasteiger charge is 2.32. The number of benzene rings is 1. The smallest absolute Gasteiger partial charge is 0.0843 e. The van der Waals surface area contributed by atoms with E-state index in [0.717, 1.165) is 32.7 Å². The van der Waals surface area contributed by atoms with Crippen molar-refractivity contribution in [2.75, 3.05) is 19.6 Å². The summed E-state index contributed by atoms with van der Waals surface area (Å²) in [7, 11) is 0. The monoisotopic (exact) mass is 272 g/mol. The number of aromatic nitrogens is 2. The Hall–Kier alpha value is -1.39. The highest BCUT2D eigenvalue weighted by Crippen LogP contribution is 2.30. The Kier molecular flexibility index (Phi) is 3.52. The van der Waals surface area contributed by atoms with Crippen LogP contribution < -0.4 is 5.73 Å². The van der Waals surface area contributed by atoms with E-state index in [1.54, 1.807) is 0 Å². The zero-order valence-electron chi connectivity index (χ0n) is 12.5. The Morgan fingerprint density at radius 2 is 2.15 bits per heavy atom. The van der Waals surface area contributed by atoms with Crippen LogP contribution in [0.5, 0.6) is 0 Å². The van der Waals surface area contributed by atoms with Gasteiger partial charge in [0.25, 0.3) is 0 Å². The molecule has 0 bridgehead atoms. The van der Waals surface area contributed by atoms with Crippen molar-refractivity contribution >= 4 is 10.9 Å². The predicted molar refractivity (Wildman–Crippen MR) is 82.5 cm³/mol. The van der Waals surface area contributed by atoms with E-state index in [2.05, 4.69) is 47.7 Å². The van der Waals surface area contributed by atoms with Crippen molar-refractivity contribution < 1.29 is 0 Å². The van der Waals surface area contributed by atoms with Crippen molar-refractivity contribution in [1.29, 1.82) is 0 Å². The molecule has 1 aromatic heterocycles. The quantitative estimate of drug-likeness (QED) is 0.928. The molecule has 0 saturated carbocycles. The van der Waals surface area contributed by atoms with Crippen LogP contribution in [0.4, 0.5) is 0 Å². The number of para-hydroxylation sites is 1. The highest BCUT2D eigenvalue weighted by molar-refractivity contribution is 5.81. The summed E-state index contributed by atoms with van der Waals surface area (Å²) >= 11 is 0. The van der Waals surface area contributed by atoms with Crippen LogP contribution in [0.3, 0.4) is 0 Å². The number of hydrogen-bond donors (Lipinski definition) is 1. The zero-order chi connectivity index (χ0) is 14.2. The Labute approximate surface area is 120 Å². The van der Waals surface area contributed by atoms with Crippen molar-refractivity contribution in [2.45, 2.75) is 33.4 Å². The molecule has 0 radical (unpaired) electrons. The summed E-state index contributed by atoms with van der Waals surface area (Å²) in [4.78, 5) is 2.49. The summed E-state index contributed by atoms with van der Waals surface area (Å²) in [5.41, 5.74) is 8.61. The lowest BCUT2D eigenvalue weighted by atomic mass is 9.90. The van der Waals surface area contributed by atoms with Gasteiger partial charge in [0.1, 0.15) is 0 Å². The molecule has 3 rings (SSSR count). The fourth-order valence-corrected chi connectivity index (χ4v) is 3.19. The van der Waals surface area contributed by atoms with Crippen LogP contribution in [0.25, 0.3) is 10.9 Å². The number of aryl methyl sites for hydroxylation is 1. The number of likely N-dealkylation sites (tertiary alicyclic amines) is 1. The first kappa shape index (κ1) is 13.6. The summed E-state index contributed by atoms with van der Waals surface area (Å²) in [6.45, 7) is 9.26. The second-order valence-corrected chi connectivity index (χ2v) is 6.26. The van der Waals surface area contributed by atoms with Gasteiger partial charge in [-0.2, -0.15) is 5.10 Å². The summed E-state index contributed by atoms with van der Waals surface area (Å²) in [6, 6.07) is 8.52. The molecular weight excluding hydrogens is 248 g/mol. The molecule has 1 unspecified atom stereocenters. The van der Waals surface area contributed by atoms with Gasteiger partial charge in [-0.1, -0.05) is 25.1 Å². The largest absolute Gasteiger partial charge is 0.330 e. The molecule has 2 heterocycles. The van der Waals surface area contributed by atoms with Gasteiger partial charge >= 0.3 is 0 Å². The topological polar surface area (TPSA) is 47.1 Å². The number of hydrogen-bond acceptors (Lipinski definition) is 3. The molecule has 108 valence electrons. The van der Waals surface area contributed by atoms with Gasteiger partial charge in [0.2, 0.25) is 0 Å². The van der Waals surface area contributed by atoms with Crippen molar-refractivity contribution in [3.63, 3.8) is 0 Å². The molecule has 4 nitrogen and oxygen atoms in total. The van der Waals surface area contributed by atoms with Crippen molar-refractivity contribution in [1.82, 2.24) is 14.7 Å². The Morgan fingerprint density at radius 1 is 1.35 bits per heavy atom. The van der Waals surface area contributed by atoms with Crippen LogP contribution in [0, 0.1) is 5.41 Å². The van der Waals surface area contributed by atoms with E-state index in [1.165, 1.54) is 23.0 Å². The summed E-state index contributed by atoms with van der Waals surface area (Å²) < 4.78 is 2.10. The van der Waals surface area contributed by atoms with E-state index in [-0.39, 0.29) is 5.41 Å². The molecule has 1 aromatic carbocycles. The molecule has 2 N–H and O–H groups in total. The molecule has 2 aromatic rings. The molecule has 1 atom stereocenters. The number of rotatable bonds is 4. The summed E-state index contributed by atoms with van der Waals surface area (Å²) in [6.07, 6.45) is 1.19. The van der Waals surface area contributed by atoms with Crippen LogP contribution in [-0.2, 0) is 13.1 Å². The Morgan fingerprint density at radius 3 is 2.85 bits per heavy atom. The minimum Gasteiger partial charge on any atom is -0.330 e. The average molecular weight is 272 g/mol. The normalized spacial score (nSPS) is 23.8. The van der Waals surface area contributed by atoms with Gasteiger partial charge in [0.05, 0.1) is 11.2 Å². The van der Waals surface area contributed by atoms with Gasteiger partial charge in [0.15, 0.2) is 0 Å². The van der Waals surface area contributed by atoms with E-state index in [1.807, 2.05) is 0 Å². The Balaban J connectivity index is 1.85. The van der Waals surface area contributed by atoms with E-state index in [4.69, 9.17) is 10.8 Å². The van der Waals surface area contributed by atoms with Gasteiger partial charge in [0, 0.05) is 25.0 Å². The third kappa shape index (κ3) is 2.34. The first-order valence-electron chi connectivity index (χ1n) is 7.52. The van der Waals surface area contributed by atoms with Crippen LogP contribution in [0.1, 0.15) is 26.0 Å². The summed E-state index contributed by atoms with van der Waals surface area (Å²) in [5.74, 6) is 0. The third-order valence-electron chi connectivity index (χ3n) is 4.54. The van der Waals surface area contributed by atoms with E-state index < -0.39 is 0 Å². The number of fused-ring (bicyclic) bond motifs is 1. The Bertz CT molecular complexity index is 604. The van der Waals surface area contributed by atoms with Gasteiger partial charge in [-0.3, -0.25) is 9.58 Å². The SMILES string of the molecule is CCn1nc(CN2CCC(C)(CN)C2)c2ccccc21. The van der Waals surface area contributed by atoms with Crippen LogP contribution in [-0.4, -0.2) is 34.3 Å². The molecule has 20 heavy (non-hydrogen) atoms. The lowest BCUT2D eigenvalue weighted by molar-refractivity contribution is 0.272.